The fourth-order valence-corrected chi connectivity index (χ4v) is 3.50. The molecule has 2 N–H and O–H groups in total. The van der Waals surface area contributed by atoms with E-state index < -0.39 is 0 Å². The summed E-state index contributed by atoms with van der Waals surface area (Å²) in [4.78, 5) is 0. The summed E-state index contributed by atoms with van der Waals surface area (Å²) >= 11 is 6.02. The minimum Gasteiger partial charge on any atom is -0.393 e. The summed E-state index contributed by atoms with van der Waals surface area (Å²) in [5.41, 5.74) is 2.80. The van der Waals surface area contributed by atoms with Crippen LogP contribution >= 0.6 is 11.6 Å². The molecule has 3 rings (SSSR count). The third kappa shape index (κ3) is 2.56. The summed E-state index contributed by atoms with van der Waals surface area (Å²) in [5.74, 6) is 0.456. The van der Waals surface area contributed by atoms with E-state index in [0.29, 0.717) is 12.0 Å². The molecule has 98 valence electrons. The van der Waals surface area contributed by atoms with Gasteiger partial charge in [0.05, 0.1) is 6.10 Å². The molecular formula is C15H20ClNO. The molecule has 0 saturated heterocycles. The molecule has 1 aromatic carbocycles. The van der Waals surface area contributed by atoms with Gasteiger partial charge in [-0.25, -0.2) is 0 Å². The van der Waals surface area contributed by atoms with Crippen molar-refractivity contribution >= 4 is 11.6 Å². The molecule has 0 aromatic heterocycles. The first-order chi connectivity index (χ1) is 8.72. The van der Waals surface area contributed by atoms with Crippen molar-refractivity contribution in [1.29, 1.82) is 0 Å². The number of aliphatic hydroxyl groups excluding tert-OH is 1. The second kappa shape index (κ2) is 5.20. The molecule has 2 aliphatic rings. The van der Waals surface area contributed by atoms with E-state index in [9.17, 15) is 5.11 Å². The molecule has 0 heterocycles. The Bertz CT molecular complexity index is 435. The average molecular weight is 266 g/mol. The number of halogens is 1. The number of aliphatic hydroxyl groups is 1. The first-order valence-electron chi connectivity index (χ1n) is 6.91. The number of nitrogens with one attached hydrogen (secondary N) is 1. The van der Waals surface area contributed by atoms with Gasteiger partial charge in [-0.1, -0.05) is 24.1 Å². The van der Waals surface area contributed by atoms with Crippen LogP contribution < -0.4 is 5.32 Å². The lowest BCUT2D eigenvalue weighted by molar-refractivity contribution is 0.130. The van der Waals surface area contributed by atoms with Gasteiger partial charge in [0.2, 0.25) is 0 Å². The topological polar surface area (TPSA) is 32.3 Å². The first kappa shape index (κ1) is 12.5. The zero-order valence-electron chi connectivity index (χ0n) is 10.5. The van der Waals surface area contributed by atoms with Gasteiger partial charge in [-0.2, -0.15) is 0 Å². The van der Waals surface area contributed by atoms with Gasteiger partial charge in [0.25, 0.3) is 0 Å². The van der Waals surface area contributed by atoms with Crippen molar-refractivity contribution in [2.24, 2.45) is 5.92 Å². The predicted molar refractivity (Wildman–Crippen MR) is 74.0 cm³/mol. The minimum atomic E-state index is -0.0873. The molecule has 2 aliphatic carbocycles. The Hall–Kier alpha value is -0.570. The largest absolute Gasteiger partial charge is 0.393 e. The van der Waals surface area contributed by atoms with Crippen LogP contribution in [0.25, 0.3) is 0 Å². The van der Waals surface area contributed by atoms with E-state index >= 15 is 0 Å². The Labute approximate surface area is 113 Å². The van der Waals surface area contributed by atoms with Crippen molar-refractivity contribution in [3.8, 4) is 0 Å². The van der Waals surface area contributed by atoms with Gasteiger partial charge in [-0.15, -0.1) is 0 Å². The van der Waals surface area contributed by atoms with Crippen LogP contribution in [-0.4, -0.2) is 23.8 Å². The summed E-state index contributed by atoms with van der Waals surface area (Å²) in [6.07, 6.45) is 5.39. The van der Waals surface area contributed by atoms with Crippen LogP contribution in [0.1, 0.15) is 30.4 Å². The summed E-state index contributed by atoms with van der Waals surface area (Å²) in [7, 11) is 0. The number of rotatable bonds is 3. The highest BCUT2D eigenvalue weighted by atomic mass is 35.5. The van der Waals surface area contributed by atoms with Gasteiger partial charge < -0.3 is 10.4 Å². The molecule has 0 bridgehead atoms. The molecule has 0 aliphatic heterocycles. The van der Waals surface area contributed by atoms with Crippen molar-refractivity contribution in [1.82, 2.24) is 5.32 Å². The Morgan fingerprint density at radius 3 is 2.83 bits per heavy atom. The Balaban J connectivity index is 1.54. The molecule has 0 radical (unpaired) electrons. The van der Waals surface area contributed by atoms with Gasteiger partial charge in [0, 0.05) is 17.6 Å². The van der Waals surface area contributed by atoms with Crippen LogP contribution in [0.5, 0.6) is 0 Å². The van der Waals surface area contributed by atoms with Crippen molar-refractivity contribution in [2.75, 3.05) is 6.54 Å². The van der Waals surface area contributed by atoms with E-state index in [-0.39, 0.29) is 6.10 Å². The zero-order chi connectivity index (χ0) is 12.5. The van der Waals surface area contributed by atoms with Crippen LogP contribution in [0.3, 0.4) is 0 Å². The molecule has 3 unspecified atom stereocenters. The first-order valence-corrected chi connectivity index (χ1v) is 7.29. The van der Waals surface area contributed by atoms with Gasteiger partial charge in [0.1, 0.15) is 0 Å². The van der Waals surface area contributed by atoms with Crippen LogP contribution in [0.4, 0.5) is 0 Å². The van der Waals surface area contributed by atoms with E-state index in [1.54, 1.807) is 0 Å². The van der Waals surface area contributed by atoms with Crippen molar-refractivity contribution < 1.29 is 5.11 Å². The van der Waals surface area contributed by atoms with Gasteiger partial charge in [-0.3, -0.25) is 0 Å². The minimum absolute atomic E-state index is 0.0873. The summed E-state index contributed by atoms with van der Waals surface area (Å²) in [5, 5.41) is 14.3. The summed E-state index contributed by atoms with van der Waals surface area (Å²) < 4.78 is 0. The SMILES string of the molecule is OC1CCCC1CNC1Cc2ccc(Cl)cc2C1. The third-order valence-corrected chi connectivity index (χ3v) is 4.62. The molecule has 0 spiro atoms. The van der Waals surface area contributed by atoms with E-state index in [0.717, 1.165) is 30.8 Å². The van der Waals surface area contributed by atoms with Crippen LogP contribution in [0.15, 0.2) is 18.2 Å². The monoisotopic (exact) mass is 265 g/mol. The predicted octanol–water partition coefficient (Wildman–Crippen LogP) is 2.56. The molecule has 3 atom stereocenters. The highest BCUT2D eigenvalue weighted by molar-refractivity contribution is 6.30. The molecule has 1 fully saturated rings. The Morgan fingerprint density at radius 1 is 1.22 bits per heavy atom. The molecule has 1 aromatic rings. The quantitative estimate of drug-likeness (QED) is 0.880. The van der Waals surface area contributed by atoms with E-state index in [1.165, 1.54) is 24.0 Å². The van der Waals surface area contributed by atoms with E-state index in [4.69, 9.17) is 11.6 Å². The lowest BCUT2D eigenvalue weighted by Crippen LogP contribution is -2.36. The third-order valence-electron chi connectivity index (χ3n) is 4.39. The molecular weight excluding hydrogens is 246 g/mol. The van der Waals surface area contributed by atoms with Crippen LogP contribution in [-0.2, 0) is 12.8 Å². The lowest BCUT2D eigenvalue weighted by atomic mass is 10.1. The molecule has 3 heteroatoms. The van der Waals surface area contributed by atoms with Crippen molar-refractivity contribution in [3.63, 3.8) is 0 Å². The highest BCUT2D eigenvalue weighted by Gasteiger charge is 2.27. The lowest BCUT2D eigenvalue weighted by Gasteiger charge is -2.18. The van der Waals surface area contributed by atoms with Gasteiger partial charge >= 0.3 is 0 Å². The number of fused-ring (bicyclic) bond motifs is 1. The van der Waals surface area contributed by atoms with E-state index in [1.807, 2.05) is 6.07 Å². The van der Waals surface area contributed by atoms with Crippen LogP contribution in [0.2, 0.25) is 5.02 Å². The van der Waals surface area contributed by atoms with Crippen molar-refractivity contribution in [3.05, 3.63) is 34.3 Å². The maximum Gasteiger partial charge on any atom is 0.0580 e. The normalized spacial score (nSPS) is 30.7. The zero-order valence-corrected chi connectivity index (χ0v) is 11.3. The number of hydrogen-bond donors (Lipinski definition) is 2. The van der Waals surface area contributed by atoms with Crippen LogP contribution in [0, 0.1) is 5.92 Å². The van der Waals surface area contributed by atoms with Gasteiger partial charge in [0.15, 0.2) is 0 Å². The fourth-order valence-electron chi connectivity index (χ4n) is 3.30. The smallest absolute Gasteiger partial charge is 0.0580 e. The summed E-state index contributed by atoms with van der Waals surface area (Å²) in [6, 6.07) is 6.72. The number of hydrogen-bond acceptors (Lipinski definition) is 2. The molecule has 18 heavy (non-hydrogen) atoms. The maximum absolute atomic E-state index is 9.82. The molecule has 2 nitrogen and oxygen atoms in total. The highest BCUT2D eigenvalue weighted by Crippen LogP contribution is 2.27. The average Bonchev–Trinajstić information content (AvgIpc) is 2.92. The van der Waals surface area contributed by atoms with Crippen molar-refractivity contribution in [2.45, 2.75) is 44.2 Å². The maximum atomic E-state index is 9.82. The Morgan fingerprint density at radius 2 is 2.06 bits per heavy atom. The molecule has 1 saturated carbocycles. The standard InChI is InChI=1S/C15H20ClNO/c16-13-5-4-10-7-14(8-12(10)6-13)17-9-11-2-1-3-15(11)18/h4-6,11,14-15,17-18H,1-3,7-9H2. The second-order valence-electron chi connectivity index (χ2n) is 5.68. The fraction of sp³-hybridized carbons (Fsp3) is 0.600. The number of benzene rings is 1. The summed E-state index contributed by atoms with van der Waals surface area (Å²) in [6.45, 7) is 0.952. The van der Waals surface area contributed by atoms with E-state index in [2.05, 4.69) is 17.4 Å². The molecule has 0 amide bonds. The van der Waals surface area contributed by atoms with Gasteiger partial charge in [-0.05, 0) is 54.9 Å². The Kier molecular flexibility index (Phi) is 3.60. The second-order valence-corrected chi connectivity index (χ2v) is 6.12.